The molecule has 170 valence electrons. The van der Waals surface area contributed by atoms with Gasteiger partial charge in [-0.05, 0) is 54.4 Å². The molecule has 1 aliphatic rings. The second-order valence-corrected chi connectivity index (χ2v) is 10.1. The van der Waals surface area contributed by atoms with Crippen LogP contribution in [-0.2, 0) is 21.2 Å². The van der Waals surface area contributed by atoms with Gasteiger partial charge in [-0.3, -0.25) is 4.79 Å². The Morgan fingerprint density at radius 2 is 1.70 bits per heavy atom. The minimum absolute atomic E-state index is 0.0541. The molecular formula is C25H22ClNO5S. The largest absolute Gasteiger partial charge is 0.502 e. The number of hydrogen-bond donors (Lipinski definition) is 1. The molecular weight excluding hydrogens is 462 g/mol. The van der Waals surface area contributed by atoms with Gasteiger partial charge in [0.1, 0.15) is 10.7 Å². The second-order valence-electron chi connectivity index (χ2n) is 7.77. The van der Waals surface area contributed by atoms with Crippen molar-refractivity contribution in [1.82, 2.24) is 4.90 Å². The van der Waals surface area contributed by atoms with Crippen LogP contribution < -0.4 is 4.74 Å². The van der Waals surface area contributed by atoms with Crippen LogP contribution in [0.15, 0.2) is 88.4 Å². The maximum Gasteiger partial charge on any atom is 0.290 e. The third-order valence-electron chi connectivity index (χ3n) is 5.55. The van der Waals surface area contributed by atoms with Gasteiger partial charge >= 0.3 is 0 Å². The zero-order valence-corrected chi connectivity index (χ0v) is 19.6. The summed E-state index contributed by atoms with van der Waals surface area (Å²) < 4.78 is 32.4. The Kier molecular flexibility index (Phi) is 6.19. The summed E-state index contributed by atoms with van der Waals surface area (Å²) in [5.74, 6) is -0.924. The number of carbonyl (C=O) groups excluding carboxylic acids is 1. The quantitative estimate of drug-likeness (QED) is 0.534. The van der Waals surface area contributed by atoms with Gasteiger partial charge in [0.15, 0.2) is 5.76 Å². The third-order valence-corrected chi connectivity index (χ3v) is 7.69. The van der Waals surface area contributed by atoms with Gasteiger partial charge in [0.05, 0.1) is 18.0 Å². The van der Waals surface area contributed by atoms with Crippen LogP contribution >= 0.6 is 11.6 Å². The van der Waals surface area contributed by atoms with Crippen molar-refractivity contribution in [3.63, 3.8) is 0 Å². The highest BCUT2D eigenvalue weighted by Gasteiger charge is 2.46. The number of hydrogen-bond acceptors (Lipinski definition) is 5. The topological polar surface area (TPSA) is 83.9 Å². The van der Waals surface area contributed by atoms with Crippen molar-refractivity contribution >= 4 is 27.3 Å². The summed E-state index contributed by atoms with van der Waals surface area (Å²) in [6, 6.07) is 19.0. The van der Waals surface area contributed by atoms with E-state index in [-0.39, 0.29) is 16.3 Å². The SMILES string of the molecule is COc1cccc(CN2C(=O)C(O)=C(S(=O)(=O)c3ccc(Cl)cc3)C2c2ccc(C)cc2)c1. The molecule has 0 aromatic heterocycles. The molecule has 0 saturated carbocycles. The van der Waals surface area contributed by atoms with Crippen LogP contribution in [0.1, 0.15) is 22.7 Å². The Labute approximate surface area is 197 Å². The normalized spacial score (nSPS) is 16.4. The van der Waals surface area contributed by atoms with Crippen LogP contribution in [0, 0.1) is 6.92 Å². The van der Waals surface area contributed by atoms with Gasteiger partial charge in [-0.1, -0.05) is 53.6 Å². The zero-order chi connectivity index (χ0) is 23.8. The predicted molar refractivity (Wildman–Crippen MR) is 126 cm³/mol. The molecule has 0 fully saturated rings. The van der Waals surface area contributed by atoms with Gasteiger partial charge in [0, 0.05) is 11.6 Å². The van der Waals surface area contributed by atoms with Crippen molar-refractivity contribution in [2.45, 2.75) is 24.4 Å². The van der Waals surface area contributed by atoms with E-state index < -0.39 is 27.5 Å². The zero-order valence-electron chi connectivity index (χ0n) is 18.0. The summed E-state index contributed by atoms with van der Waals surface area (Å²) in [7, 11) is -2.66. The molecule has 4 rings (SSSR count). The number of nitrogens with zero attached hydrogens (tertiary/aromatic N) is 1. The molecule has 33 heavy (non-hydrogen) atoms. The number of amides is 1. The first-order chi connectivity index (χ1) is 15.7. The number of rotatable bonds is 6. The van der Waals surface area contributed by atoms with Crippen LogP contribution in [0.5, 0.6) is 5.75 Å². The van der Waals surface area contributed by atoms with Crippen LogP contribution in [0.3, 0.4) is 0 Å². The van der Waals surface area contributed by atoms with Crippen LogP contribution in [-0.4, -0.2) is 31.4 Å². The van der Waals surface area contributed by atoms with Crippen molar-refractivity contribution in [3.05, 3.63) is 105 Å². The van der Waals surface area contributed by atoms with E-state index in [4.69, 9.17) is 16.3 Å². The molecule has 1 N–H and O–H groups in total. The van der Waals surface area contributed by atoms with Gasteiger partial charge in [-0.15, -0.1) is 0 Å². The maximum atomic E-state index is 13.6. The summed E-state index contributed by atoms with van der Waals surface area (Å²) in [4.78, 5) is 14.1. The monoisotopic (exact) mass is 483 g/mol. The van der Waals surface area contributed by atoms with E-state index in [1.807, 2.05) is 25.1 Å². The first kappa shape index (κ1) is 22.9. The lowest BCUT2D eigenvalue weighted by atomic mass is 10.0. The van der Waals surface area contributed by atoms with Crippen molar-refractivity contribution in [2.75, 3.05) is 7.11 Å². The molecule has 1 amide bonds. The average molecular weight is 484 g/mol. The van der Waals surface area contributed by atoms with Crippen molar-refractivity contribution in [1.29, 1.82) is 0 Å². The number of benzene rings is 3. The summed E-state index contributed by atoms with van der Waals surface area (Å²) in [6.07, 6.45) is 0. The third kappa shape index (κ3) is 4.34. The summed E-state index contributed by atoms with van der Waals surface area (Å²) in [5, 5.41) is 11.2. The van der Waals surface area contributed by atoms with Crippen molar-refractivity contribution in [2.24, 2.45) is 0 Å². The van der Waals surface area contributed by atoms with Crippen LogP contribution in [0.2, 0.25) is 5.02 Å². The molecule has 0 radical (unpaired) electrons. The first-order valence-corrected chi connectivity index (χ1v) is 12.0. The standard InChI is InChI=1S/C25H22ClNO5S/c1-16-6-8-18(9-7-16)22-24(33(30,31)21-12-10-19(26)11-13-21)23(28)25(29)27(22)15-17-4-3-5-20(14-17)32-2/h3-14,22,28H,15H2,1-2H3. The van der Waals surface area contributed by atoms with E-state index in [0.29, 0.717) is 16.3 Å². The molecule has 0 aliphatic carbocycles. The fourth-order valence-electron chi connectivity index (χ4n) is 3.86. The van der Waals surface area contributed by atoms with Gasteiger partial charge in [-0.2, -0.15) is 0 Å². The van der Waals surface area contributed by atoms with Crippen molar-refractivity contribution in [3.8, 4) is 5.75 Å². The molecule has 1 heterocycles. The van der Waals surface area contributed by atoms with Crippen LogP contribution in [0.25, 0.3) is 0 Å². The fraction of sp³-hybridized carbons (Fsp3) is 0.160. The summed E-state index contributed by atoms with van der Waals surface area (Å²) >= 11 is 5.92. The molecule has 0 saturated heterocycles. The lowest BCUT2D eigenvalue weighted by Gasteiger charge is -2.27. The molecule has 1 unspecified atom stereocenters. The van der Waals surface area contributed by atoms with Gasteiger partial charge in [-0.25, -0.2) is 8.42 Å². The summed E-state index contributed by atoms with van der Waals surface area (Å²) in [5.41, 5.74) is 2.30. The molecule has 3 aromatic carbocycles. The summed E-state index contributed by atoms with van der Waals surface area (Å²) in [6.45, 7) is 1.99. The Bertz CT molecular complexity index is 1330. The molecule has 0 spiro atoms. The van der Waals surface area contributed by atoms with E-state index in [2.05, 4.69) is 0 Å². The molecule has 1 atom stereocenters. The molecule has 6 nitrogen and oxygen atoms in total. The highest BCUT2D eigenvalue weighted by atomic mass is 35.5. The first-order valence-electron chi connectivity index (χ1n) is 10.2. The molecule has 0 bridgehead atoms. The van der Waals surface area contributed by atoms with Gasteiger partial charge in [0.2, 0.25) is 9.84 Å². The van der Waals surface area contributed by atoms with E-state index in [9.17, 15) is 18.3 Å². The van der Waals surface area contributed by atoms with Crippen LogP contribution in [0.4, 0.5) is 0 Å². The number of sulfone groups is 1. The number of aryl methyl sites for hydroxylation is 1. The minimum Gasteiger partial charge on any atom is -0.502 e. The van der Waals surface area contributed by atoms with E-state index in [1.54, 1.807) is 37.4 Å². The number of methoxy groups -OCH3 is 1. The minimum atomic E-state index is -4.20. The van der Waals surface area contributed by atoms with E-state index in [0.717, 1.165) is 11.1 Å². The Morgan fingerprint density at radius 3 is 2.33 bits per heavy atom. The second kappa shape index (κ2) is 8.92. The van der Waals surface area contributed by atoms with Crippen molar-refractivity contribution < 1.29 is 23.1 Å². The molecule has 3 aromatic rings. The predicted octanol–water partition coefficient (Wildman–Crippen LogP) is 4.98. The Morgan fingerprint density at radius 1 is 1.03 bits per heavy atom. The van der Waals surface area contributed by atoms with Gasteiger partial charge < -0.3 is 14.7 Å². The number of aliphatic hydroxyl groups excluding tert-OH is 1. The lowest BCUT2D eigenvalue weighted by molar-refractivity contribution is -0.130. The fourth-order valence-corrected chi connectivity index (χ4v) is 5.63. The van der Waals surface area contributed by atoms with E-state index >= 15 is 0 Å². The lowest BCUT2D eigenvalue weighted by Crippen LogP contribution is -2.30. The number of aliphatic hydroxyl groups is 1. The Balaban J connectivity index is 1.84. The smallest absolute Gasteiger partial charge is 0.290 e. The highest BCUT2D eigenvalue weighted by Crippen LogP contribution is 2.43. The molecule has 8 heteroatoms. The number of halogens is 1. The number of ether oxygens (including phenoxy) is 1. The van der Waals surface area contributed by atoms with E-state index in [1.165, 1.54) is 29.2 Å². The maximum absolute atomic E-state index is 13.6. The average Bonchev–Trinajstić information content (AvgIpc) is 3.05. The Hall–Kier alpha value is -3.29. The number of carbonyl (C=O) groups is 1. The molecule has 1 aliphatic heterocycles. The highest BCUT2D eigenvalue weighted by molar-refractivity contribution is 7.95. The van der Waals surface area contributed by atoms with Gasteiger partial charge in [0.25, 0.3) is 5.91 Å².